The number of nitrogens with one attached hydrogen (secondary N) is 2. The lowest BCUT2D eigenvalue weighted by Gasteiger charge is -2.14. The fraction of sp³-hybridized carbons (Fsp3) is 0.467. The Morgan fingerprint density at radius 2 is 1.80 bits per heavy atom. The lowest BCUT2D eigenvalue weighted by Crippen LogP contribution is -2.40. The topological polar surface area (TPSA) is 58.2 Å². The van der Waals surface area contributed by atoms with E-state index in [1.807, 2.05) is 19.9 Å². The highest BCUT2D eigenvalue weighted by atomic mass is 35.5. The van der Waals surface area contributed by atoms with E-state index >= 15 is 0 Å². The van der Waals surface area contributed by atoms with Crippen molar-refractivity contribution in [3.05, 3.63) is 28.3 Å². The molecule has 0 bridgehead atoms. The van der Waals surface area contributed by atoms with Gasteiger partial charge in [0.25, 0.3) is 0 Å². The summed E-state index contributed by atoms with van der Waals surface area (Å²) in [5, 5.41) is 5.80. The Bertz CT molecular complexity index is 514. The predicted molar refractivity (Wildman–Crippen MR) is 80.0 cm³/mol. The van der Waals surface area contributed by atoms with Crippen LogP contribution in [-0.4, -0.2) is 17.9 Å². The lowest BCUT2D eigenvalue weighted by atomic mass is 10.1. The monoisotopic (exact) mass is 294 g/mol. The minimum Gasteiger partial charge on any atom is -0.345 e. The zero-order valence-corrected chi connectivity index (χ0v) is 12.5. The van der Waals surface area contributed by atoms with Crippen LogP contribution in [0.25, 0.3) is 0 Å². The van der Waals surface area contributed by atoms with Gasteiger partial charge in [-0.15, -0.1) is 0 Å². The molecule has 0 radical (unpaired) electrons. The highest BCUT2D eigenvalue weighted by molar-refractivity contribution is 6.41. The molecule has 2 N–H and O–H groups in total. The Hall–Kier alpha value is -1.55. The van der Waals surface area contributed by atoms with Gasteiger partial charge in [-0.25, -0.2) is 0 Å². The summed E-state index contributed by atoms with van der Waals surface area (Å²) in [6.45, 7) is 3.78. The van der Waals surface area contributed by atoms with Crippen molar-refractivity contribution in [2.45, 2.75) is 45.6 Å². The van der Waals surface area contributed by atoms with Crippen LogP contribution in [0, 0.1) is 13.8 Å². The number of benzene rings is 1. The van der Waals surface area contributed by atoms with E-state index in [0.29, 0.717) is 10.7 Å². The molecule has 0 saturated heterocycles. The first-order valence-corrected chi connectivity index (χ1v) is 7.24. The Labute approximate surface area is 123 Å². The van der Waals surface area contributed by atoms with Gasteiger partial charge in [-0.2, -0.15) is 0 Å². The largest absolute Gasteiger partial charge is 0.345 e. The maximum atomic E-state index is 11.9. The number of hydrogen-bond acceptors (Lipinski definition) is 2. The molecule has 0 heterocycles. The number of carbonyl (C=O) groups excluding carboxylic acids is 2. The molecule has 0 aliphatic heterocycles. The number of carbonyl (C=O) groups is 2. The number of anilines is 1. The Morgan fingerprint density at radius 3 is 2.40 bits per heavy atom. The number of hydrogen-bond donors (Lipinski definition) is 2. The first-order chi connectivity index (χ1) is 9.47. The fourth-order valence-electron chi connectivity index (χ4n) is 2.57. The molecule has 20 heavy (non-hydrogen) atoms. The average Bonchev–Trinajstić information content (AvgIpc) is 2.86. The second-order valence-corrected chi connectivity index (χ2v) is 5.75. The van der Waals surface area contributed by atoms with Crippen molar-refractivity contribution >= 4 is 29.1 Å². The summed E-state index contributed by atoms with van der Waals surface area (Å²) in [6.07, 6.45) is 4.11. The SMILES string of the molecule is Cc1cc(C)c(NC(=O)C(=O)NC2CCCC2)c(Cl)c1. The van der Waals surface area contributed by atoms with Crippen LogP contribution in [0.4, 0.5) is 5.69 Å². The number of halogens is 1. The van der Waals surface area contributed by atoms with E-state index in [2.05, 4.69) is 10.6 Å². The summed E-state index contributed by atoms with van der Waals surface area (Å²) in [4.78, 5) is 23.7. The van der Waals surface area contributed by atoms with Crippen molar-refractivity contribution in [1.29, 1.82) is 0 Å². The van der Waals surface area contributed by atoms with Crippen LogP contribution >= 0.6 is 11.6 Å². The standard InChI is InChI=1S/C15H19ClN2O2/c1-9-7-10(2)13(12(16)8-9)18-15(20)14(19)17-11-5-3-4-6-11/h7-8,11H,3-6H2,1-2H3,(H,17,19)(H,18,20). The van der Waals surface area contributed by atoms with E-state index in [9.17, 15) is 9.59 Å². The maximum Gasteiger partial charge on any atom is 0.313 e. The number of rotatable bonds is 2. The van der Waals surface area contributed by atoms with Crippen LogP contribution in [0.15, 0.2) is 12.1 Å². The van der Waals surface area contributed by atoms with E-state index < -0.39 is 11.8 Å². The lowest BCUT2D eigenvalue weighted by molar-refractivity contribution is -0.136. The molecule has 108 valence electrons. The van der Waals surface area contributed by atoms with Gasteiger partial charge in [-0.1, -0.05) is 30.5 Å². The van der Waals surface area contributed by atoms with Crippen molar-refractivity contribution in [1.82, 2.24) is 5.32 Å². The van der Waals surface area contributed by atoms with Gasteiger partial charge >= 0.3 is 11.8 Å². The third-order valence-corrected chi connectivity index (χ3v) is 3.86. The van der Waals surface area contributed by atoms with Gasteiger partial charge in [0.15, 0.2) is 0 Å². The Balaban J connectivity index is 2.02. The quantitative estimate of drug-likeness (QED) is 0.824. The summed E-state index contributed by atoms with van der Waals surface area (Å²) >= 11 is 6.11. The summed E-state index contributed by atoms with van der Waals surface area (Å²) in [7, 11) is 0. The summed E-state index contributed by atoms with van der Waals surface area (Å²) < 4.78 is 0. The van der Waals surface area contributed by atoms with E-state index in [-0.39, 0.29) is 6.04 Å². The highest BCUT2D eigenvalue weighted by Gasteiger charge is 2.22. The second-order valence-electron chi connectivity index (χ2n) is 5.35. The summed E-state index contributed by atoms with van der Waals surface area (Å²) in [6, 6.07) is 3.80. The molecule has 1 aromatic carbocycles. The van der Waals surface area contributed by atoms with Gasteiger partial charge in [0.1, 0.15) is 0 Å². The van der Waals surface area contributed by atoms with Gasteiger partial charge in [0.2, 0.25) is 0 Å². The second kappa shape index (κ2) is 6.27. The minimum atomic E-state index is -0.661. The highest BCUT2D eigenvalue weighted by Crippen LogP contribution is 2.27. The van der Waals surface area contributed by atoms with Crippen LogP contribution in [0.5, 0.6) is 0 Å². The van der Waals surface area contributed by atoms with E-state index in [1.54, 1.807) is 6.07 Å². The van der Waals surface area contributed by atoms with Crippen LogP contribution in [0.3, 0.4) is 0 Å². The number of aryl methyl sites for hydroxylation is 2. The number of amides is 2. The van der Waals surface area contributed by atoms with Crippen LogP contribution in [-0.2, 0) is 9.59 Å². The molecule has 1 aromatic rings. The zero-order valence-electron chi connectivity index (χ0n) is 11.8. The van der Waals surface area contributed by atoms with Crippen LogP contribution < -0.4 is 10.6 Å². The normalized spacial score (nSPS) is 15.2. The molecule has 0 aromatic heterocycles. The molecule has 2 rings (SSSR count). The fourth-order valence-corrected chi connectivity index (χ4v) is 2.93. The van der Waals surface area contributed by atoms with E-state index in [4.69, 9.17) is 11.6 Å². The van der Waals surface area contributed by atoms with Crippen molar-refractivity contribution < 1.29 is 9.59 Å². The molecule has 1 fully saturated rings. The molecule has 0 spiro atoms. The molecule has 4 nitrogen and oxygen atoms in total. The average molecular weight is 295 g/mol. The third kappa shape index (κ3) is 3.51. The Kier molecular flexibility index (Phi) is 4.65. The third-order valence-electron chi connectivity index (χ3n) is 3.57. The first-order valence-electron chi connectivity index (χ1n) is 6.86. The molecule has 5 heteroatoms. The molecule has 1 aliphatic rings. The van der Waals surface area contributed by atoms with Crippen molar-refractivity contribution in [3.8, 4) is 0 Å². The van der Waals surface area contributed by atoms with Crippen molar-refractivity contribution in [3.63, 3.8) is 0 Å². The van der Waals surface area contributed by atoms with Crippen LogP contribution in [0.2, 0.25) is 5.02 Å². The summed E-state index contributed by atoms with van der Waals surface area (Å²) in [5.74, 6) is -1.25. The molecule has 0 unspecified atom stereocenters. The molecule has 2 amide bonds. The van der Waals surface area contributed by atoms with Gasteiger partial charge < -0.3 is 10.6 Å². The van der Waals surface area contributed by atoms with Crippen molar-refractivity contribution in [2.24, 2.45) is 0 Å². The van der Waals surface area contributed by atoms with Gasteiger partial charge in [0, 0.05) is 6.04 Å². The smallest absolute Gasteiger partial charge is 0.313 e. The van der Waals surface area contributed by atoms with Gasteiger partial charge in [-0.3, -0.25) is 9.59 Å². The molecule has 0 atom stereocenters. The van der Waals surface area contributed by atoms with Gasteiger partial charge in [0.05, 0.1) is 10.7 Å². The maximum absolute atomic E-state index is 11.9. The predicted octanol–water partition coefficient (Wildman–Crippen LogP) is 2.95. The van der Waals surface area contributed by atoms with Crippen LogP contribution in [0.1, 0.15) is 36.8 Å². The van der Waals surface area contributed by atoms with Crippen molar-refractivity contribution in [2.75, 3.05) is 5.32 Å². The van der Waals surface area contributed by atoms with E-state index in [1.165, 1.54) is 0 Å². The van der Waals surface area contributed by atoms with Gasteiger partial charge in [-0.05, 0) is 43.9 Å². The molecular weight excluding hydrogens is 276 g/mol. The zero-order chi connectivity index (χ0) is 14.7. The van der Waals surface area contributed by atoms with E-state index in [0.717, 1.165) is 36.8 Å². The minimum absolute atomic E-state index is 0.128. The summed E-state index contributed by atoms with van der Waals surface area (Å²) in [5.41, 5.74) is 2.36. The first kappa shape index (κ1) is 14.9. The molecule has 1 aliphatic carbocycles. The Morgan fingerprint density at radius 1 is 1.15 bits per heavy atom. The molecule has 1 saturated carbocycles. The molecular formula is C15H19ClN2O2.